The van der Waals surface area contributed by atoms with Crippen LogP contribution in [0.3, 0.4) is 0 Å². The number of ether oxygens (including phenoxy) is 1. The largest absolute Gasteiger partial charge is 0.493 e. The number of rotatable bonds is 8. The molecule has 4 rings (SSSR count). The molecule has 2 aromatic carbocycles. The fourth-order valence-electron chi connectivity index (χ4n) is 5.13. The highest BCUT2D eigenvalue weighted by molar-refractivity contribution is 5.95. The number of carbonyl (C=O) groups excluding carboxylic acids is 1. The molecule has 2 aliphatic rings. The molecule has 2 fully saturated rings. The van der Waals surface area contributed by atoms with Gasteiger partial charge in [-0.25, -0.2) is 8.78 Å². The van der Waals surface area contributed by atoms with Gasteiger partial charge in [-0.2, -0.15) is 0 Å². The van der Waals surface area contributed by atoms with Crippen molar-refractivity contribution in [1.29, 1.82) is 0 Å². The number of aliphatic hydroxyl groups excluding tert-OH is 1. The van der Waals surface area contributed by atoms with E-state index in [0.717, 1.165) is 38.8 Å². The maximum Gasteiger partial charge on any atom is 0.254 e. The van der Waals surface area contributed by atoms with Crippen LogP contribution in [0.1, 0.15) is 49.9 Å². The van der Waals surface area contributed by atoms with E-state index in [0.29, 0.717) is 48.1 Å². The number of aliphatic hydroxyl groups is 1. The molecule has 5 nitrogen and oxygen atoms in total. The molecule has 0 radical (unpaired) electrons. The highest BCUT2D eigenvalue weighted by atomic mass is 19.1. The molecule has 0 bridgehead atoms. The fourth-order valence-corrected chi connectivity index (χ4v) is 5.13. The van der Waals surface area contributed by atoms with E-state index < -0.39 is 5.67 Å². The van der Waals surface area contributed by atoms with Crippen LogP contribution in [0.4, 0.5) is 8.78 Å². The minimum absolute atomic E-state index is 0.0276. The Bertz CT molecular complexity index is 998. The second-order valence-corrected chi connectivity index (χ2v) is 10.4. The molecule has 1 unspecified atom stereocenters. The van der Waals surface area contributed by atoms with Crippen molar-refractivity contribution in [2.45, 2.75) is 51.2 Å². The molecule has 1 N–H and O–H groups in total. The maximum atomic E-state index is 14.9. The number of amides is 1. The maximum absolute atomic E-state index is 14.9. The van der Waals surface area contributed by atoms with Crippen LogP contribution in [0.15, 0.2) is 42.5 Å². The van der Waals surface area contributed by atoms with E-state index in [1.165, 1.54) is 6.07 Å². The van der Waals surface area contributed by atoms with Crippen molar-refractivity contribution >= 4 is 5.91 Å². The summed E-state index contributed by atoms with van der Waals surface area (Å²) in [5.41, 5.74) is 0.493. The van der Waals surface area contributed by atoms with Crippen molar-refractivity contribution < 1.29 is 23.4 Å². The Morgan fingerprint density at radius 2 is 1.80 bits per heavy atom. The van der Waals surface area contributed by atoms with Crippen molar-refractivity contribution in [3.8, 4) is 16.9 Å². The molecule has 0 aliphatic carbocycles. The minimum atomic E-state index is -1.19. The lowest BCUT2D eigenvalue weighted by atomic mass is 9.97. The van der Waals surface area contributed by atoms with Gasteiger partial charge in [0.05, 0.1) is 19.3 Å². The van der Waals surface area contributed by atoms with Gasteiger partial charge < -0.3 is 19.6 Å². The smallest absolute Gasteiger partial charge is 0.254 e. The van der Waals surface area contributed by atoms with Gasteiger partial charge in [-0.3, -0.25) is 4.79 Å². The molecule has 7 heteroatoms. The lowest BCUT2D eigenvalue weighted by Gasteiger charge is -2.34. The van der Waals surface area contributed by atoms with E-state index in [9.17, 15) is 18.7 Å². The van der Waals surface area contributed by atoms with Gasteiger partial charge in [-0.05, 0) is 88.4 Å². The van der Waals surface area contributed by atoms with Gasteiger partial charge in [-0.15, -0.1) is 0 Å². The number of alkyl halides is 1. The molecule has 0 spiro atoms. The van der Waals surface area contributed by atoms with E-state index in [1.54, 1.807) is 55.1 Å². The molecule has 190 valence electrons. The normalized spacial score (nSPS) is 19.8. The van der Waals surface area contributed by atoms with Gasteiger partial charge in [0.2, 0.25) is 0 Å². The van der Waals surface area contributed by atoms with Crippen molar-refractivity contribution in [3.05, 3.63) is 53.8 Å². The first-order valence-corrected chi connectivity index (χ1v) is 12.6. The van der Waals surface area contributed by atoms with Crippen LogP contribution in [0.25, 0.3) is 11.1 Å². The summed E-state index contributed by atoms with van der Waals surface area (Å²) in [4.78, 5) is 16.6. The lowest BCUT2D eigenvalue weighted by Crippen LogP contribution is -2.41. The summed E-state index contributed by atoms with van der Waals surface area (Å²) in [5.74, 6) is 0.398. The van der Waals surface area contributed by atoms with Crippen LogP contribution in [0, 0.1) is 11.7 Å². The number of carbonyl (C=O) groups is 1. The van der Waals surface area contributed by atoms with E-state index in [2.05, 4.69) is 4.90 Å². The summed E-state index contributed by atoms with van der Waals surface area (Å²) in [7, 11) is 0. The molecular formula is C28H36F2N2O3. The predicted molar refractivity (Wildman–Crippen MR) is 133 cm³/mol. The first kappa shape index (κ1) is 25.6. The summed E-state index contributed by atoms with van der Waals surface area (Å²) in [5, 5.41) is 9.48. The Kier molecular flexibility index (Phi) is 8.07. The summed E-state index contributed by atoms with van der Waals surface area (Å²) < 4.78 is 34.6. The number of hydrogen-bond acceptors (Lipinski definition) is 4. The summed E-state index contributed by atoms with van der Waals surface area (Å²) in [6, 6.07) is 11.7. The highest BCUT2D eigenvalue weighted by Gasteiger charge is 2.29. The van der Waals surface area contributed by atoms with Gasteiger partial charge in [0.1, 0.15) is 17.2 Å². The van der Waals surface area contributed by atoms with Crippen LogP contribution in [-0.4, -0.2) is 71.9 Å². The average Bonchev–Trinajstić information content (AvgIpc) is 3.31. The quantitative estimate of drug-likeness (QED) is 0.575. The number of benzene rings is 2. The predicted octanol–water partition coefficient (Wildman–Crippen LogP) is 4.93. The number of nitrogens with zero attached hydrogens (tertiary/aromatic N) is 2. The van der Waals surface area contributed by atoms with E-state index >= 15 is 0 Å². The third-order valence-corrected chi connectivity index (χ3v) is 7.02. The number of likely N-dealkylation sites (tertiary alicyclic amines) is 2. The van der Waals surface area contributed by atoms with E-state index in [1.807, 2.05) is 0 Å². The van der Waals surface area contributed by atoms with E-state index in [4.69, 9.17) is 4.74 Å². The van der Waals surface area contributed by atoms with Gasteiger partial charge in [0.15, 0.2) is 0 Å². The fraction of sp³-hybridized carbons (Fsp3) is 0.536. The molecule has 2 saturated heterocycles. The zero-order valence-electron chi connectivity index (χ0n) is 20.7. The molecular weight excluding hydrogens is 450 g/mol. The molecule has 0 aromatic heterocycles. The van der Waals surface area contributed by atoms with Crippen molar-refractivity contribution in [2.24, 2.45) is 5.92 Å². The molecule has 1 amide bonds. The second kappa shape index (κ2) is 11.0. The zero-order chi connectivity index (χ0) is 25.0. The summed E-state index contributed by atoms with van der Waals surface area (Å²) in [6.45, 7) is 6.51. The Morgan fingerprint density at radius 1 is 1.09 bits per heavy atom. The van der Waals surface area contributed by atoms with Crippen molar-refractivity contribution in [1.82, 2.24) is 9.80 Å². The SMILES string of the molecule is CC(C)(F)CN1CCC(COc2ccc(-c3ccc(C(=O)N4CCCC4CO)cc3)c(F)c2)CC1. The van der Waals surface area contributed by atoms with Crippen LogP contribution in [-0.2, 0) is 0 Å². The average molecular weight is 487 g/mol. The number of piperidine rings is 1. The number of halogens is 2. The zero-order valence-corrected chi connectivity index (χ0v) is 20.7. The molecule has 35 heavy (non-hydrogen) atoms. The van der Waals surface area contributed by atoms with Gasteiger partial charge in [0, 0.05) is 30.3 Å². The Morgan fingerprint density at radius 3 is 2.43 bits per heavy atom. The Labute approximate surface area is 206 Å². The van der Waals surface area contributed by atoms with Gasteiger partial charge in [-0.1, -0.05) is 12.1 Å². The Hall–Kier alpha value is -2.51. The van der Waals surface area contributed by atoms with Crippen LogP contribution in [0.2, 0.25) is 0 Å². The van der Waals surface area contributed by atoms with Gasteiger partial charge in [0.25, 0.3) is 5.91 Å². The standard InChI is InChI=1S/C28H36F2N2O3/c1-28(2,30)19-31-14-11-20(12-15-31)18-35-24-9-10-25(26(29)16-24)21-5-7-22(8-6-21)27(34)32-13-3-4-23(32)17-33/h5-10,16,20,23,33H,3-4,11-15,17-19H2,1-2H3. The third kappa shape index (κ3) is 6.58. The van der Waals surface area contributed by atoms with Crippen molar-refractivity contribution in [2.75, 3.05) is 39.4 Å². The molecule has 0 saturated carbocycles. The Balaban J connectivity index is 1.32. The minimum Gasteiger partial charge on any atom is -0.493 e. The monoisotopic (exact) mass is 486 g/mol. The number of hydrogen-bond donors (Lipinski definition) is 1. The summed E-state index contributed by atoms with van der Waals surface area (Å²) in [6.07, 6.45) is 3.60. The van der Waals surface area contributed by atoms with Crippen LogP contribution < -0.4 is 4.74 Å². The molecule has 1 atom stereocenters. The van der Waals surface area contributed by atoms with Gasteiger partial charge >= 0.3 is 0 Å². The topological polar surface area (TPSA) is 53.0 Å². The molecule has 2 aliphatic heterocycles. The third-order valence-electron chi connectivity index (χ3n) is 7.02. The molecule has 2 heterocycles. The van der Waals surface area contributed by atoms with Crippen molar-refractivity contribution in [3.63, 3.8) is 0 Å². The summed E-state index contributed by atoms with van der Waals surface area (Å²) >= 11 is 0. The second-order valence-electron chi connectivity index (χ2n) is 10.4. The first-order chi connectivity index (χ1) is 16.7. The van der Waals surface area contributed by atoms with E-state index in [-0.39, 0.29) is 24.4 Å². The highest BCUT2D eigenvalue weighted by Crippen LogP contribution is 2.29. The first-order valence-electron chi connectivity index (χ1n) is 12.6. The van der Waals surface area contributed by atoms with Crippen LogP contribution in [0.5, 0.6) is 5.75 Å². The molecule has 2 aromatic rings. The lowest BCUT2D eigenvalue weighted by molar-refractivity contribution is 0.0677. The van der Waals surface area contributed by atoms with Crippen LogP contribution >= 0.6 is 0 Å².